The van der Waals surface area contributed by atoms with E-state index in [9.17, 15) is 14.4 Å². The number of aromatic nitrogens is 2. The van der Waals surface area contributed by atoms with E-state index in [2.05, 4.69) is 21.6 Å². The van der Waals surface area contributed by atoms with Crippen molar-refractivity contribution in [2.75, 3.05) is 5.32 Å². The molecule has 28 heavy (non-hydrogen) atoms. The Hall–Kier alpha value is -3.79. The number of primary amides is 1. The van der Waals surface area contributed by atoms with Gasteiger partial charge in [0.25, 0.3) is 0 Å². The van der Waals surface area contributed by atoms with Gasteiger partial charge in [0.15, 0.2) is 5.82 Å². The van der Waals surface area contributed by atoms with Gasteiger partial charge in [-0.15, -0.1) is 10.2 Å². The Labute approximate surface area is 160 Å². The van der Waals surface area contributed by atoms with Crippen LogP contribution in [0.5, 0.6) is 0 Å². The molecule has 1 aliphatic carbocycles. The molecule has 3 aromatic rings. The van der Waals surface area contributed by atoms with Crippen LogP contribution >= 0.6 is 0 Å². The number of hydrogen-bond acceptors (Lipinski definition) is 5. The molecule has 1 amide bonds. The highest BCUT2D eigenvalue weighted by Gasteiger charge is 2.48. The molecule has 1 aromatic heterocycles. The van der Waals surface area contributed by atoms with E-state index in [-0.39, 0.29) is 5.82 Å². The molecule has 0 atom stereocenters. The summed E-state index contributed by atoms with van der Waals surface area (Å²) in [5.74, 6) is -0.481. The highest BCUT2D eigenvalue weighted by molar-refractivity contribution is 5.97. The summed E-state index contributed by atoms with van der Waals surface area (Å²) in [4.78, 5) is 11.9. The third-order valence-electron chi connectivity index (χ3n) is 4.82. The van der Waals surface area contributed by atoms with Crippen LogP contribution in [-0.2, 0) is 5.41 Å². The number of amides is 1. The molecule has 1 aliphatic rings. The second-order valence-electron chi connectivity index (χ2n) is 6.73. The number of nitriles is 1. The Kier molecular flexibility index (Phi) is 4.24. The fourth-order valence-electron chi connectivity index (χ4n) is 3.26. The summed E-state index contributed by atoms with van der Waals surface area (Å²) < 4.78 is 13.4. The number of nitrogens with zero attached hydrogens (tertiary/aromatic N) is 3. The van der Waals surface area contributed by atoms with E-state index in [0.717, 1.165) is 0 Å². The van der Waals surface area contributed by atoms with Crippen LogP contribution < -0.4 is 11.1 Å². The molecule has 138 valence electrons. The Balaban J connectivity index is 1.68. The second-order valence-corrected chi connectivity index (χ2v) is 6.73. The van der Waals surface area contributed by atoms with Gasteiger partial charge in [-0.3, -0.25) is 4.79 Å². The molecule has 7 heteroatoms. The van der Waals surface area contributed by atoms with E-state index in [1.807, 2.05) is 0 Å². The third kappa shape index (κ3) is 3.16. The molecule has 0 spiro atoms. The van der Waals surface area contributed by atoms with Gasteiger partial charge >= 0.3 is 0 Å². The third-order valence-corrected chi connectivity index (χ3v) is 4.82. The Morgan fingerprint density at radius 2 is 1.93 bits per heavy atom. The summed E-state index contributed by atoms with van der Waals surface area (Å²) in [7, 11) is 0. The van der Waals surface area contributed by atoms with Gasteiger partial charge in [-0.05, 0) is 49.2 Å². The lowest BCUT2D eigenvalue weighted by Crippen LogP contribution is -2.19. The lowest BCUT2D eigenvalue weighted by molar-refractivity contribution is 0.0999. The van der Waals surface area contributed by atoms with Crippen molar-refractivity contribution in [3.05, 3.63) is 71.5 Å². The molecular weight excluding hydrogens is 357 g/mol. The van der Waals surface area contributed by atoms with Crippen molar-refractivity contribution >= 4 is 17.4 Å². The molecule has 2 aromatic carbocycles. The zero-order chi connectivity index (χ0) is 19.7. The van der Waals surface area contributed by atoms with Gasteiger partial charge in [0.1, 0.15) is 5.82 Å². The smallest absolute Gasteiger partial charge is 0.249 e. The largest absolute Gasteiger partial charge is 0.366 e. The number of hydrogen-bond donors (Lipinski definition) is 2. The van der Waals surface area contributed by atoms with Gasteiger partial charge in [0, 0.05) is 22.4 Å². The van der Waals surface area contributed by atoms with Crippen molar-refractivity contribution in [1.82, 2.24) is 10.2 Å². The van der Waals surface area contributed by atoms with Gasteiger partial charge in [-0.1, -0.05) is 18.2 Å². The highest BCUT2D eigenvalue weighted by atomic mass is 19.1. The SMILES string of the molecule is N#CC1(c2c(Nc3ccc(-c4cccc(F)c4)nn3)cccc2C(N)=O)CC1. The minimum Gasteiger partial charge on any atom is -0.366 e. The topological polar surface area (TPSA) is 105 Å². The monoisotopic (exact) mass is 373 g/mol. The Bertz CT molecular complexity index is 1100. The zero-order valence-electron chi connectivity index (χ0n) is 14.8. The van der Waals surface area contributed by atoms with Crippen LogP contribution in [0.25, 0.3) is 11.3 Å². The average Bonchev–Trinajstić information content (AvgIpc) is 3.49. The summed E-state index contributed by atoms with van der Waals surface area (Å²) >= 11 is 0. The van der Waals surface area contributed by atoms with Crippen molar-refractivity contribution in [3.8, 4) is 17.3 Å². The van der Waals surface area contributed by atoms with Gasteiger partial charge in [-0.25, -0.2) is 4.39 Å². The van der Waals surface area contributed by atoms with Crippen LogP contribution in [0.3, 0.4) is 0 Å². The van der Waals surface area contributed by atoms with Crippen LogP contribution in [0.2, 0.25) is 0 Å². The van der Waals surface area contributed by atoms with Crippen LogP contribution in [0.15, 0.2) is 54.6 Å². The number of nitrogens with one attached hydrogen (secondary N) is 1. The predicted molar refractivity (Wildman–Crippen MR) is 102 cm³/mol. The number of anilines is 2. The maximum absolute atomic E-state index is 13.4. The average molecular weight is 373 g/mol. The molecule has 1 heterocycles. The van der Waals surface area contributed by atoms with Crippen LogP contribution in [-0.4, -0.2) is 16.1 Å². The molecule has 1 saturated carbocycles. The molecule has 6 nitrogen and oxygen atoms in total. The first-order valence-electron chi connectivity index (χ1n) is 8.74. The van der Waals surface area contributed by atoms with E-state index < -0.39 is 11.3 Å². The number of rotatable bonds is 5. The number of carbonyl (C=O) groups excluding carboxylic acids is 1. The maximum Gasteiger partial charge on any atom is 0.249 e. The number of nitrogens with two attached hydrogens (primary N) is 1. The minimum absolute atomic E-state index is 0.327. The van der Waals surface area contributed by atoms with E-state index >= 15 is 0 Å². The lowest BCUT2D eigenvalue weighted by atomic mass is 9.90. The maximum atomic E-state index is 13.4. The molecule has 3 N–H and O–H groups in total. The highest BCUT2D eigenvalue weighted by Crippen LogP contribution is 2.51. The predicted octanol–water partition coefficient (Wildman–Crippen LogP) is 3.68. The first-order valence-corrected chi connectivity index (χ1v) is 8.74. The Morgan fingerprint density at radius 3 is 2.54 bits per heavy atom. The number of benzene rings is 2. The van der Waals surface area contributed by atoms with E-state index in [1.54, 1.807) is 42.5 Å². The standard InChI is InChI=1S/C21H16FN5O/c22-14-4-1-3-13(11-14)16-7-8-18(27-26-16)25-17-6-2-5-15(20(24)28)19(17)21(12-23)9-10-21/h1-8,11H,9-10H2,(H2,24,28)(H,25,27). The van der Waals surface area contributed by atoms with Crippen molar-refractivity contribution in [1.29, 1.82) is 5.26 Å². The first kappa shape index (κ1) is 17.6. The zero-order valence-corrected chi connectivity index (χ0v) is 14.8. The summed E-state index contributed by atoms with van der Waals surface area (Å²) in [6.45, 7) is 0. The summed E-state index contributed by atoms with van der Waals surface area (Å²) in [5.41, 5.74) is 7.49. The first-order chi connectivity index (χ1) is 13.5. The van der Waals surface area contributed by atoms with E-state index in [4.69, 9.17) is 5.73 Å². The fourth-order valence-corrected chi connectivity index (χ4v) is 3.26. The van der Waals surface area contributed by atoms with Gasteiger partial charge < -0.3 is 11.1 Å². The van der Waals surface area contributed by atoms with Crippen LogP contribution in [0.4, 0.5) is 15.9 Å². The molecule has 0 saturated heterocycles. The van der Waals surface area contributed by atoms with Crippen LogP contribution in [0, 0.1) is 17.1 Å². The van der Waals surface area contributed by atoms with Gasteiger partial charge in [0.05, 0.1) is 17.2 Å². The fraction of sp³-hybridized carbons (Fsp3) is 0.143. The molecule has 1 fully saturated rings. The van der Waals surface area contributed by atoms with E-state index in [1.165, 1.54) is 12.1 Å². The summed E-state index contributed by atoms with van der Waals surface area (Å²) in [6, 6.07) is 16.9. The second kappa shape index (κ2) is 6.74. The summed E-state index contributed by atoms with van der Waals surface area (Å²) in [6.07, 6.45) is 1.35. The van der Waals surface area contributed by atoms with Crippen molar-refractivity contribution in [3.63, 3.8) is 0 Å². The van der Waals surface area contributed by atoms with Gasteiger partial charge in [0.2, 0.25) is 5.91 Å². The molecular formula is C21H16FN5O. The molecule has 0 aliphatic heterocycles. The van der Waals surface area contributed by atoms with Crippen molar-refractivity contribution in [2.45, 2.75) is 18.3 Å². The van der Waals surface area contributed by atoms with Crippen LogP contribution in [0.1, 0.15) is 28.8 Å². The number of halogens is 1. The molecule has 0 bridgehead atoms. The Morgan fingerprint density at radius 1 is 1.14 bits per heavy atom. The van der Waals surface area contributed by atoms with Crippen molar-refractivity contribution < 1.29 is 9.18 Å². The molecule has 0 unspecified atom stereocenters. The number of carbonyl (C=O) groups is 1. The lowest BCUT2D eigenvalue weighted by Gasteiger charge is -2.17. The molecule has 4 rings (SSSR count). The summed E-state index contributed by atoms with van der Waals surface area (Å²) in [5, 5.41) is 21.0. The minimum atomic E-state index is -0.705. The van der Waals surface area contributed by atoms with E-state index in [0.29, 0.717) is 46.7 Å². The normalized spacial score (nSPS) is 14.1. The molecule has 0 radical (unpaired) electrons. The quantitative estimate of drug-likeness (QED) is 0.710. The van der Waals surface area contributed by atoms with Crippen molar-refractivity contribution in [2.24, 2.45) is 5.73 Å². The van der Waals surface area contributed by atoms with Gasteiger partial charge in [-0.2, -0.15) is 5.26 Å².